The van der Waals surface area contributed by atoms with Crippen molar-refractivity contribution in [2.45, 2.75) is 65.7 Å². The summed E-state index contributed by atoms with van der Waals surface area (Å²) in [5.41, 5.74) is 3.87. The average molecular weight is 265 g/mol. The summed E-state index contributed by atoms with van der Waals surface area (Å²) < 4.78 is 8.03. The molecule has 0 bridgehead atoms. The van der Waals surface area contributed by atoms with Crippen molar-refractivity contribution in [2.24, 2.45) is 0 Å². The molecule has 19 heavy (non-hydrogen) atoms. The van der Waals surface area contributed by atoms with Gasteiger partial charge >= 0.3 is 0 Å². The van der Waals surface area contributed by atoms with Gasteiger partial charge in [0.1, 0.15) is 0 Å². The van der Waals surface area contributed by atoms with Crippen molar-refractivity contribution in [1.29, 1.82) is 0 Å². The Balaban J connectivity index is 1.99. The zero-order chi connectivity index (χ0) is 13.8. The standard InChI is InChI=1S/C15H27N3O/c1-5-16-9-8-15-12(3)17-18(13(15)4)10-14-7-6-11(2)19-14/h11,14,16H,5-10H2,1-4H3. The monoisotopic (exact) mass is 265 g/mol. The van der Waals surface area contributed by atoms with Gasteiger partial charge in [-0.1, -0.05) is 6.92 Å². The van der Waals surface area contributed by atoms with Gasteiger partial charge in [-0.15, -0.1) is 0 Å². The molecule has 0 saturated carbocycles. The van der Waals surface area contributed by atoms with Crippen molar-refractivity contribution in [3.8, 4) is 0 Å². The fourth-order valence-electron chi connectivity index (χ4n) is 2.88. The van der Waals surface area contributed by atoms with E-state index in [-0.39, 0.29) is 0 Å². The molecule has 108 valence electrons. The summed E-state index contributed by atoms with van der Waals surface area (Å²) >= 11 is 0. The van der Waals surface area contributed by atoms with Crippen molar-refractivity contribution in [3.63, 3.8) is 0 Å². The Bertz CT molecular complexity index is 414. The molecule has 1 aliphatic heterocycles. The van der Waals surface area contributed by atoms with Crippen molar-refractivity contribution in [1.82, 2.24) is 15.1 Å². The predicted molar refractivity (Wildman–Crippen MR) is 77.5 cm³/mol. The fourth-order valence-corrected chi connectivity index (χ4v) is 2.88. The number of aryl methyl sites for hydroxylation is 1. The first-order valence-electron chi connectivity index (χ1n) is 7.50. The number of rotatable bonds is 6. The molecule has 2 atom stereocenters. The van der Waals surface area contributed by atoms with Crippen LogP contribution in [0.4, 0.5) is 0 Å². The molecular weight excluding hydrogens is 238 g/mol. The zero-order valence-electron chi connectivity index (χ0n) is 12.7. The molecule has 4 nitrogen and oxygen atoms in total. The lowest BCUT2D eigenvalue weighted by Crippen LogP contribution is -2.19. The second-order valence-electron chi connectivity index (χ2n) is 5.58. The maximum atomic E-state index is 5.89. The first kappa shape index (κ1) is 14.5. The fraction of sp³-hybridized carbons (Fsp3) is 0.800. The van der Waals surface area contributed by atoms with Crippen LogP contribution in [0.2, 0.25) is 0 Å². The Hall–Kier alpha value is -0.870. The third-order valence-corrected chi connectivity index (χ3v) is 4.03. The molecule has 2 heterocycles. The molecule has 1 aliphatic rings. The van der Waals surface area contributed by atoms with Crippen LogP contribution >= 0.6 is 0 Å². The van der Waals surface area contributed by atoms with E-state index < -0.39 is 0 Å². The van der Waals surface area contributed by atoms with E-state index in [0.717, 1.165) is 32.5 Å². The maximum Gasteiger partial charge on any atom is 0.0775 e. The summed E-state index contributed by atoms with van der Waals surface area (Å²) in [4.78, 5) is 0. The Kier molecular flexibility index (Phi) is 4.99. The van der Waals surface area contributed by atoms with Gasteiger partial charge < -0.3 is 10.1 Å². The van der Waals surface area contributed by atoms with E-state index >= 15 is 0 Å². The van der Waals surface area contributed by atoms with E-state index in [0.29, 0.717) is 12.2 Å². The highest BCUT2D eigenvalue weighted by atomic mass is 16.5. The van der Waals surface area contributed by atoms with Crippen LogP contribution in [0.3, 0.4) is 0 Å². The summed E-state index contributed by atoms with van der Waals surface area (Å²) in [6.07, 6.45) is 4.15. The molecule has 0 aromatic carbocycles. The Morgan fingerprint density at radius 1 is 1.37 bits per heavy atom. The molecule has 1 aromatic rings. The summed E-state index contributed by atoms with van der Waals surface area (Å²) in [7, 11) is 0. The van der Waals surface area contributed by atoms with E-state index in [1.807, 2.05) is 0 Å². The second-order valence-corrected chi connectivity index (χ2v) is 5.58. The number of likely N-dealkylation sites (N-methyl/N-ethyl adjacent to an activating group) is 1. The van der Waals surface area contributed by atoms with E-state index in [1.165, 1.54) is 23.4 Å². The molecule has 0 amide bonds. The molecule has 1 saturated heterocycles. The van der Waals surface area contributed by atoms with Crippen molar-refractivity contribution in [2.75, 3.05) is 13.1 Å². The van der Waals surface area contributed by atoms with Crippen LogP contribution in [0.25, 0.3) is 0 Å². The maximum absolute atomic E-state index is 5.89. The minimum Gasteiger partial charge on any atom is -0.373 e. The highest BCUT2D eigenvalue weighted by molar-refractivity contribution is 5.24. The smallest absolute Gasteiger partial charge is 0.0775 e. The van der Waals surface area contributed by atoms with Crippen molar-refractivity contribution >= 4 is 0 Å². The lowest BCUT2D eigenvalue weighted by atomic mass is 10.1. The number of aromatic nitrogens is 2. The largest absolute Gasteiger partial charge is 0.373 e. The van der Waals surface area contributed by atoms with Gasteiger partial charge in [-0.05, 0) is 58.7 Å². The molecule has 1 fully saturated rings. The zero-order valence-corrected chi connectivity index (χ0v) is 12.7. The van der Waals surface area contributed by atoms with Gasteiger partial charge in [0.2, 0.25) is 0 Å². The molecule has 0 radical (unpaired) electrons. The van der Waals surface area contributed by atoms with Crippen LogP contribution < -0.4 is 5.32 Å². The van der Waals surface area contributed by atoms with E-state index in [1.54, 1.807) is 0 Å². The number of ether oxygens (including phenoxy) is 1. The number of nitrogens with zero attached hydrogens (tertiary/aromatic N) is 2. The van der Waals surface area contributed by atoms with Gasteiger partial charge in [0.25, 0.3) is 0 Å². The number of nitrogens with one attached hydrogen (secondary N) is 1. The third kappa shape index (κ3) is 3.57. The Morgan fingerprint density at radius 3 is 2.79 bits per heavy atom. The first-order chi connectivity index (χ1) is 9.11. The highest BCUT2D eigenvalue weighted by Crippen LogP contribution is 2.22. The molecule has 1 aromatic heterocycles. The van der Waals surface area contributed by atoms with Gasteiger partial charge in [0, 0.05) is 5.69 Å². The third-order valence-electron chi connectivity index (χ3n) is 4.03. The summed E-state index contributed by atoms with van der Waals surface area (Å²) in [5.74, 6) is 0. The first-order valence-corrected chi connectivity index (χ1v) is 7.50. The summed E-state index contributed by atoms with van der Waals surface area (Å²) in [5, 5.41) is 8.06. The molecule has 0 aliphatic carbocycles. The van der Waals surface area contributed by atoms with Gasteiger partial charge in [-0.3, -0.25) is 4.68 Å². The Labute approximate surface area is 116 Å². The lowest BCUT2D eigenvalue weighted by molar-refractivity contribution is 0.0433. The van der Waals surface area contributed by atoms with Crippen LogP contribution in [-0.4, -0.2) is 35.1 Å². The predicted octanol–water partition coefficient (Wildman–Crippen LogP) is 2.22. The number of hydrogen-bond acceptors (Lipinski definition) is 3. The van der Waals surface area contributed by atoms with E-state index in [9.17, 15) is 0 Å². The highest BCUT2D eigenvalue weighted by Gasteiger charge is 2.23. The van der Waals surface area contributed by atoms with Crippen LogP contribution in [0.15, 0.2) is 0 Å². The normalized spacial score (nSPS) is 23.2. The lowest BCUT2D eigenvalue weighted by Gasteiger charge is -2.12. The Morgan fingerprint density at radius 2 is 2.16 bits per heavy atom. The summed E-state index contributed by atoms with van der Waals surface area (Å²) in [6.45, 7) is 11.5. The van der Waals surface area contributed by atoms with Gasteiger partial charge in [-0.2, -0.15) is 5.10 Å². The molecule has 2 unspecified atom stereocenters. The second kappa shape index (κ2) is 6.53. The van der Waals surface area contributed by atoms with Crippen molar-refractivity contribution < 1.29 is 4.74 Å². The molecule has 1 N–H and O–H groups in total. The SMILES string of the molecule is CCNCCc1c(C)nn(CC2CCC(C)O2)c1C. The van der Waals surface area contributed by atoms with Crippen LogP contribution in [-0.2, 0) is 17.7 Å². The van der Waals surface area contributed by atoms with E-state index in [4.69, 9.17) is 4.74 Å². The molecule has 0 spiro atoms. The van der Waals surface area contributed by atoms with Crippen LogP contribution in [0, 0.1) is 13.8 Å². The van der Waals surface area contributed by atoms with E-state index in [2.05, 4.69) is 42.8 Å². The van der Waals surface area contributed by atoms with Crippen LogP contribution in [0.5, 0.6) is 0 Å². The average Bonchev–Trinajstić information content (AvgIpc) is 2.88. The van der Waals surface area contributed by atoms with Gasteiger partial charge in [-0.25, -0.2) is 0 Å². The van der Waals surface area contributed by atoms with Gasteiger partial charge in [0.15, 0.2) is 0 Å². The van der Waals surface area contributed by atoms with Gasteiger partial charge in [0.05, 0.1) is 24.4 Å². The molecular formula is C15H27N3O. The topological polar surface area (TPSA) is 39.1 Å². The minimum atomic E-state index is 0.342. The quantitative estimate of drug-likeness (QED) is 0.802. The van der Waals surface area contributed by atoms with Crippen LogP contribution in [0.1, 0.15) is 43.6 Å². The summed E-state index contributed by atoms with van der Waals surface area (Å²) in [6, 6.07) is 0. The number of hydrogen-bond donors (Lipinski definition) is 1. The molecule has 2 rings (SSSR count). The van der Waals surface area contributed by atoms with Crippen molar-refractivity contribution in [3.05, 3.63) is 17.0 Å². The minimum absolute atomic E-state index is 0.342. The molecule has 4 heteroatoms.